The van der Waals surface area contributed by atoms with Crippen molar-refractivity contribution < 1.29 is 22.5 Å². The lowest BCUT2D eigenvalue weighted by Crippen LogP contribution is -2.22. The van der Waals surface area contributed by atoms with Gasteiger partial charge in [0.1, 0.15) is 23.0 Å². The van der Waals surface area contributed by atoms with Gasteiger partial charge in [0.2, 0.25) is 11.9 Å². The summed E-state index contributed by atoms with van der Waals surface area (Å²) in [5.41, 5.74) is 0.261. The van der Waals surface area contributed by atoms with Crippen molar-refractivity contribution in [3.63, 3.8) is 0 Å². The fraction of sp³-hybridized carbons (Fsp3) is 0.562. The smallest absolute Gasteiger partial charge is 0.300 e. The molecule has 0 saturated carbocycles. The highest BCUT2D eigenvalue weighted by Gasteiger charge is 2.15. The summed E-state index contributed by atoms with van der Waals surface area (Å²) in [6, 6.07) is 0. The molecule has 1 atom stereocenters. The Labute approximate surface area is 175 Å². The number of amides is 1. The first-order chi connectivity index (χ1) is 13.2. The van der Waals surface area contributed by atoms with Crippen LogP contribution in [0.15, 0.2) is 11.1 Å². The minimum atomic E-state index is -0.833. The van der Waals surface area contributed by atoms with E-state index in [0.29, 0.717) is 25.2 Å². The van der Waals surface area contributed by atoms with Crippen molar-refractivity contribution in [2.24, 2.45) is 5.92 Å². The number of hydrogen-bond donors (Lipinski definition) is 3. The van der Waals surface area contributed by atoms with Gasteiger partial charge in [-0.1, -0.05) is 13.8 Å². The first kappa shape index (κ1) is 24.0. The third-order valence-electron chi connectivity index (χ3n) is 3.51. The van der Waals surface area contributed by atoms with E-state index in [4.69, 9.17) is 17.7 Å². The molecule has 0 bridgehead atoms. The van der Waals surface area contributed by atoms with Crippen molar-refractivity contribution in [1.29, 1.82) is 0 Å². The van der Waals surface area contributed by atoms with Crippen molar-refractivity contribution >= 4 is 52.0 Å². The molecule has 1 amide bonds. The lowest BCUT2D eigenvalue weighted by molar-refractivity contribution is -0.134. The summed E-state index contributed by atoms with van der Waals surface area (Å²) in [5, 5.41) is 10.0. The van der Waals surface area contributed by atoms with Gasteiger partial charge in [-0.2, -0.15) is 4.98 Å². The van der Waals surface area contributed by atoms with Crippen LogP contribution >= 0.6 is 23.0 Å². The first-order valence-corrected chi connectivity index (χ1v) is 9.29. The molecule has 3 N–H and O–H groups in total. The fourth-order valence-electron chi connectivity index (χ4n) is 2.06. The van der Waals surface area contributed by atoms with E-state index in [2.05, 4.69) is 20.3 Å². The Balaban J connectivity index is 0.000000892. The van der Waals surface area contributed by atoms with Crippen LogP contribution in [0.4, 0.5) is 5.95 Å². The number of fused-ring (bicyclic) bond motifs is 1. The van der Waals surface area contributed by atoms with Gasteiger partial charge in [-0.3, -0.25) is 24.7 Å². The largest absolute Gasteiger partial charge is 0.481 e. The minimum absolute atomic E-state index is 0.0681. The topological polar surface area (TPSA) is 148 Å². The maximum absolute atomic E-state index is 12.1. The van der Waals surface area contributed by atoms with Gasteiger partial charge in [0, 0.05) is 26.5 Å². The van der Waals surface area contributed by atoms with Crippen LogP contribution < -0.4 is 10.9 Å². The summed E-state index contributed by atoms with van der Waals surface area (Å²) in [6.07, 6.45) is 2.16. The quantitative estimate of drug-likeness (QED) is 0.455. The van der Waals surface area contributed by atoms with Gasteiger partial charge in [-0.25, -0.2) is 4.98 Å². The Morgan fingerprint density at radius 3 is 2.61 bits per heavy atom. The van der Waals surface area contributed by atoms with E-state index >= 15 is 0 Å². The molecule has 1 unspecified atom stereocenters. The molecule has 0 aliphatic carbocycles. The number of halogens is 1. The summed E-state index contributed by atoms with van der Waals surface area (Å²) in [6.45, 7) is 5.63. The number of H-pyrrole nitrogens is 1. The average Bonchev–Trinajstić information content (AvgIpc) is 3.01. The van der Waals surface area contributed by atoms with Crippen molar-refractivity contribution in [2.45, 2.75) is 39.8 Å². The zero-order valence-electron chi connectivity index (χ0n) is 16.1. The number of ether oxygens (including phenoxy) is 1. The Hall–Kier alpha value is -2.06. The number of anilines is 1. The maximum atomic E-state index is 12.1. The minimum Gasteiger partial charge on any atom is -0.481 e. The number of rotatable bonds is 8. The summed E-state index contributed by atoms with van der Waals surface area (Å²) < 4.78 is 12.1. The number of imidazole rings is 1. The van der Waals surface area contributed by atoms with E-state index in [0.717, 1.165) is 6.92 Å². The number of methoxy groups -OCH3 is 1. The van der Waals surface area contributed by atoms with Crippen LogP contribution in [0.25, 0.3) is 11.2 Å². The number of nitrogens with zero attached hydrogens (tertiary/aromatic N) is 3. The van der Waals surface area contributed by atoms with E-state index in [1.807, 2.05) is 23.0 Å². The highest BCUT2D eigenvalue weighted by Crippen LogP contribution is 2.11. The summed E-state index contributed by atoms with van der Waals surface area (Å²) >= 11 is 1.82. The SMILES string of the molecule is CC(=O)O.COC(CCn1cnc2c(=O)[nH]c(NC(=O)C(C)C)nc21)COI. The lowest BCUT2D eigenvalue weighted by Gasteiger charge is -2.13. The average molecular weight is 509 g/mol. The molecule has 2 heterocycles. The van der Waals surface area contributed by atoms with Crippen LogP contribution in [0.2, 0.25) is 0 Å². The van der Waals surface area contributed by atoms with Crippen LogP contribution in [-0.2, 0) is 23.9 Å². The van der Waals surface area contributed by atoms with Gasteiger partial charge in [-0.15, -0.1) is 0 Å². The van der Waals surface area contributed by atoms with Gasteiger partial charge >= 0.3 is 0 Å². The summed E-state index contributed by atoms with van der Waals surface area (Å²) in [4.78, 5) is 43.8. The first-order valence-electron chi connectivity index (χ1n) is 8.41. The normalized spacial score (nSPS) is 11.8. The van der Waals surface area contributed by atoms with Crippen molar-refractivity contribution in [3.05, 3.63) is 16.7 Å². The molecule has 28 heavy (non-hydrogen) atoms. The van der Waals surface area contributed by atoms with Crippen LogP contribution in [0.3, 0.4) is 0 Å². The van der Waals surface area contributed by atoms with Crippen LogP contribution in [0, 0.1) is 5.92 Å². The number of aliphatic carboxylic acids is 1. The third kappa shape index (κ3) is 7.52. The van der Waals surface area contributed by atoms with Gasteiger partial charge in [0.15, 0.2) is 11.2 Å². The van der Waals surface area contributed by atoms with Crippen LogP contribution in [-0.4, -0.2) is 56.3 Å². The number of carbonyl (C=O) groups excluding carboxylic acids is 1. The zero-order valence-corrected chi connectivity index (χ0v) is 18.2. The molecule has 0 radical (unpaired) electrons. The van der Waals surface area contributed by atoms with Crippen LogP contribution in [0.1, 0.15) is 27.2 Å². The van der Waals surface area contributed by atoms with E-state index in [9.17, 15) is 9.59 Å². The number of carboxylic acid groups (broad SMARTS) is 1. The zero-order chi connectivity index (χ0) is 21.3. The molecule has 0 fully saturated rings. The molecule has 0 aromatic carbocycles. The van der Waals surface area contributed by atoms with Crippen molar-refractivity contribution in [2.75, 3.05) is 19.0 Å². The van der Waals surface area contributed by atoms with Gasteiger partial charge < -0.3 is 17.5 Å². The Morgan fingerprint density at radius 1 is 1.43 bits per heavy atom. The van der Waals surface area contributed by atoms with E-state index < -0.39 is 11.5 Å². The molecule has 2 aromatic rings. The number of carboxylic acids is 1. The Kier molecular flexibility index (Phi) is 10.0. The second-order valence-corrected chi connectivity index (χ2v) is 6.73. The second-order valence-electron chi connectivity index (χ2n) is 6.11. The highest BCUT2D eigenvalue weighted by atomic mass is 127. The van der Waals surface area contributed by atoms with E-state index in [1.165, 1.54) is 0 Å². The highest BCUT2D eigenvalue weighted by molar-refractivity contribution is 14.1. The van der Waals surface area contributed by atoms with Crippen LogP contribution in [0.5, 0.6) is 0 Å². The second kappa shape index (κ2) is 11.7. The molecule has 0 aliphatic heterocycles. The number of aromatic nitrogens is 4. The Bertz CT molecular complexity index is 846. The summed E-state index contributed by atoms with van der Waals surface area (Å²) in [5.74, 6) is -1.15. The van der Waals surface area contributed by atoms with E-state index in [1.54, 1.807) is 31.9 Å². The number of nitrogens with one attached hydrogen (secondary N) is 2. The molecule has 2 rings (SSSR count). The van der Waals surface area contributed by atoms with E-state index in [-0.39, 0.29) is 29.4 Å². The molecular weight excluding hydrogens is 485 g/mol. The lowest BCUT2D eigenvalue weighted by atomic mass is 10.2. The molecule has 0 spiro atoms. The van der Waals surface area contributed by atoms with Crippen molar-refractivity contribution in [1.82, 2.24) is 19.5 Å². The number of hydrogen-bond acceptors (Lipinski definition) is 7. The monoisotopic (exact) mass is 509 g/mol. The number of aromatic amines is 1. The van der Waals surface area contributed by atoms with Gasteiger partial charge in [0.25, 0.3) is 11.5 Å². The Morgan fingerprint density at radius 2 is 2.07 bits per heavy atom. The van der Waals surface area contributed by atoms with Gasteiger partial charge in [-0.05, 0) is 6.42 Å². The molecule has 0 aliphatic rings. The van der Waals surface area contributed by atoms with Crippen molar-refractivity contribution in [3.8, 4) is 0 Å². The molecule has 156 valence electrons. The molecule has 11 nitrogen and oxygen atoms in total. The third-order valence-corrected chi connectivity index (χ3v) is 3.87. The predicted octanol–water partition coefficient (Wildman–Crippen LogP) is 1.58. The summed E-state index contributed by atoms with van der Waals surface area (Å²) in [7, 11) is 1.62. The predicted molar refractivity (Wildman–Crippen MR) is 110 cm³/mol. The number of aryl methyl sites for hydroxylation is 1. The molecule has 2 aromatic heterocycles. The maximum Gasteiger partial charge on any atom is 0.300 e. The fourth-order valence-corrected chi connectivity index (χ4v) is 2.46. The number of carbonyl (C=O) groups is 2. The van der Waals surface area contributed by atoms with Gasteiger partial charge in [0.05, 0.1) is 19.0 Å². The molecular formula is C16H24IN5O6. The standard InChI is InChI=1S/C14H20IN5O4.C2H4O2/c1-8(2)12(21)18-14-17-11-10(13(22)19-14)16-7-20(11)5-4-9(23-3)6-24-15;1-2(3)4/h7-9H,4-6H2,1-3H3,(H2,17,18,19,21,22);1H3,(H,3,4). The molecule has 12 heteroatoms. The molecule has 0 saturated heterocycles.